The topological polar surface area (TPSA) is 98.6 Å². The van der Waals surface area contributed by atoms with Crippen molar-refractivity contribution in [1.82, 2.24) is 10.3 Å². The van der Waals surface area contributed by atoms with E-state index in [0.29, 0.717) is 17.7 Å². The molecule has 4 rings (SSSR count). The fourth-order valence-corrected chi connectivity index (χ4v) is 3.92. The number of anilines is 1. The summed E-state index contributed by atoms with van der Waals surface area (Å²) in [5.74, 6) is 0. The van der Waals surface area contributed by atoms with Gasteiger partial charge in [-0.15, -0.1) is 0 Å². The van der Waals surface area contributed by atoms with Crippen molar-refractivity contribution < 1.29 is 0 Å². The molecular formula is C29H29N5. The molecule has 0 saturated carbocycles. The number of hydrogen-bond donors (Lipinski definition) is 4. The fourth-order valence-electron chi connectivity index (χ4n) is 3.92. The van der Waals surface area contributed by atoms with Gasteiger partial charge in [0, 0.05) is 48.2 Å². The molecule has 0 amide bonds. The number of nitrogens with zero attached hydrogens (tertiary/aromatic N) is 1. The molecule has 0 saturated heterocycles. The second-order valence-corrected chi connectivity index (χ2v) is 8.41. The summed E-state index contributed by atoms with van der Waals surface area (Å²) in [6.45, 7) is 2.88. The van der Waals surface area contributed by atoms with Crippen molar-refractivity contribution in [3.05, 3.63) is 120 Å². The molecule has 34 heavy (non-hydrogen) atoms. The van der Waals surface area contributed by atoms with E-state index in [1.165, 1.54) is 5.56 Å². The Morgan fingerprint density at radius 1 is 0.882 bits per heavy atom. The Bertz CT molecular complexity index is 1280. The quantitative estimate of drug-likeness (QED) is 0.192. The Hall–Kier alpha value is -4.09. The Balaban J connectivity index is 1.43. The van der Waals surface area contributed by atoms with Gasteiger partial charge in [-0.2, -0.15) is 0 Å². The van der Waals surface area contributed by atoms with Gasteiger partial charge in [-0.1, -0.05) is 66.7 Å². The highest BCUT2D eigenvalue weighted by Crippen LogP contribution is 2.24. The van der Waals surface area contributed by atoms with E-state index in [1.807, 2.05) is 54.6 Å². The normalized spacial score (nSPS) is 11.7. The summed E-state index contributed by atoms with van der Waals surface area (Å²) in [7, 11) is 0. The molecule has 0 bridgehead atoms. The SMILES string of the molecule is CC(NCc1cccc(CC(=N)C(=N)c2cc(-c3cccnc3)ccc2N)c1)c1ccccc1. The summed E-state index contributed by atoms with van der Waals surface area (Å²) in [6, 6.07) is 28.2. The number of rotatable bonds is 9. The lowest BCUT2D eigenvalue weighted by molar-refractivity contribution is 0.574. The van der Waals surface area contributed by atoms with E-state index in [4.69, 9.17) is 16.6 Å². The molecule has 1 aromatic heterocycles. The average molecular weight is 448 g/mol. The molecule has 5 N–H and O–H groups in total. The highest BCUT2D eigenvalue weighted by molar-refractivity contribution is 6.47. The molecule has 0 aliphatic carbocycles. The van der Waals surface area contributed by atoms with Crippen molar-refractivity contribution in [1.29, 1.82) is 10.8 Å². The van der Waals surface area contributed by atoms with Crippen molar-refractivity contribution >= 4 is 17.1 Å². The lowest BCUT2D eigenvalue weighted by Crippen LogP contribution is -2.19. The summed E-state index contributed by atoms with van der Waals surface area (Å²) in [5, 5.41) is 20.8. The van der Waals surface area contributed by atoms with Crippen LogP contribution < -0.4 is 11.1 Å². The lowest BCUT2D eigenvalue weighted by atomic mass is 9.95. The minimum absolute atomic E-state index is 0.143. The number of nitrogens with one attached hydrogen (secondary N) is 3. The summed E-state index contributed by atoms with van der Waals surface area (Å²) in [4.78, 5) is 4.17. The molecular weight excluding hydrogens is 418 g/mol. The summed E-state index contributed by atoms with van der Waals surface area (Å²) >= 11 is 0. The van der Waals surface area contributed by atoms with Crippen LogP contribution in [0.1, 0.15) is 35.2 Å². The predicted octanol–water partition coefficient (Wildman–Crippen LogP) is 5.81. The minimum Gasteiger partial charge on any atom is -0.398 e. The van der Waals surface area contributed by atoms with Gasteiger partial charge >= 0.3 is 0 Å². The second kappa shape index (κ2) is 10.7. The first kappa shape index (κ1) is 23.1. The molecule has 0 spiro atoms. The zero-order valence-corrected chi connectivity index (χ0v) is 19.3. The summed E-state index contributed by atoms with van der Waals surface area (Å²) in [6.07, 6.45) is 3.88. The van der Waals surface area contributed by atoms with Gasteiger partial charge in [-0.05, 0) is 47.4 Å². The Morgan fingerprint density at radius 3 is 2.44 bits per heavy atom. The van der Waals surface area contributed by atoms with Crippen LogP contribution in [0.25, 0.3) is 11.1 Å². The Morgan fingerprint density at radius 2 is 1.68 bits per heavy atom. The van der Waals surface area contributed by atoms with Gasteiger partial charge in [0.15, 0.2) is 0 Å². The molecule has 5 heteroatoms. The van der Waals surface area contributed by atoms with Crippen molar-refractivity contribution in [2.75, 3.05) is 5.73 Å². The van der Waals surface area contributed by atoms with Crippen LogP contribution in [0.2, 0.25) is 0 Å². The third kappa shape index (κ3) is 5.63. The third-order valence-corrected chi connectivity index (χ3v) is 5.90. The van der Waals surface area contributed by atoms with Gasteiger partial charge in [0.2, 0.25) is 0 Å². The highest BCUT2D eigenvalue weighted by atomic mass is 14.9. The van der Waals surface area contributed by atoms with Crippen LogP contribution >= 0.6 is 0 Å². The fraction of sp³-hybridized carbons (Fsp3) is 0.138. The molecule has 5 nitrogen and oxygen atoms in total. The highest BCUT2D eigenvalue weighted by Gasteiger charge is 2.14. The zero-order valence-electron chi connectivity index (χ0n) is 19.3. The molecule has 0 fully saturated rings. The van der Waals surface area contributed by atoms with Gasteiger partial charge in [-0.25, -0.2) is 0 Å². The first-order chi connectivity index (χ1) is 16.5. The van der Waals surface area contributed by atoms with Crippen molar-refractivity contribution in [3.63, 3.8) is 0 Å². The smallest absolute Gasteiger partial charge is 0.0844 e. The molecule has 0 aliphatic rings. The van der Waals surface area contributed by atoms with Crippen LogP contribution in [0, 0.1) is 10.8 Å². The number of benzene rings is 3. The molecule has 1 atom stereocenters. The van der Waals surface area contributed by atoms with E-state index < -0.39 is 0 Å². The van der Waals surface area contributed by atoms with E-state index in [9.17, 15) is 0 Å². The third-order valence-electron chi connectivity index (χ3n) is 5.90. The van der Waals surface area contributed by atoms with E-state index in [2.05, 4.69) is 41.5 Å². The van der Waals surface area contributed by atoms with E-state index in [0.717, 1.165) is 28.8 Å². The first-order valence-corrected chi connectivity index (χ1v) is 11.3. The molecule has 0 aliphatic heterocycles. The van der Waals surface area contributed by atoms with Gasteiger partial charge in [-0.3, -0.25) is 10.4 Å². The zero-order chi connectivity index (χ0) is 23.9. The van der Waals surface area contributed by atoms with Crippen LogP contribution in [0.5, 0.6) is 0 Å². The van der Waals surface area contributed by atoms with Crippen molar-refractivity contribution in [2.24, 2.45) is 0 Å². The van der Waals surface area contributed by atoms with Crippen molar-refractivity contribution in [2.45, 2.75) is 25.9 Å². The molecule has 1 unspecified atom stereocenters. The Labute approximate surface area is 200 Å². The first-order valence-electron chi connectivity index (χ1n) is 11.3. The lowest BCUT2D eigenvalue weighted by Gasteiger charge is -2.15. The molecule has 3 aromatic carbocycles. The predicted molar refractivity (Wildman–Crippen MR) is 140 cm³/mol. The van der Waals surface area contributed by atoms with Crippen LogP contribution in [0.4, 0.5) is 5.69 Å². The maximum atomic E-state index is 8.64. The minimum atomic E-state index is 0.143. The van der Waals surface area contributed by atoms with Crippen molar-refractivity contribution in [3.8, 4) is 11.1 Å². The molecule has 1 heterocycles. The summed E-state index contributed by atoms with van der Waals surface area (Å²) in [5.41, 5.74) is 12.9. The number of aromatic nitrogens is 1. The average Bonchev–Trinajstić information content (AvgIpc) is 2.88. The van der Waals surface area contributed by atoms with E-state index in [-0.39, 0.29) is 17.5 Å². The van der Waals surface area contributed by atoms with Gasteiger partial charge in [0.25, 0.3) is 0 Å². The van der Waals surface area contributed by atoms with E-state index >= 15 is 0 Å². The van der Waals surface area contributed by atoms with Gasteiger partial charge < -0.3 is 16.5 Å². The van der Waals surface area contributed by atoms with Crippen LogP contribution in [0.15, 0.2) is 97.3 Å². The number of hydrogen-bond acceptors (Lipinski definition) is 5. The number of pyridine rings is 1. The molecule has 170 valence electrons. The summed E-state index contributed by atoms with van der Waals surface area (Å²) < 4.78 is 0. The van der Waals surface area contributed by atoms with Crippen LogP contribution in [0.3, 0.4) is 0 Å². The monoisotopic (exact) mass is 447 g/mol. The second-order valence-electron chi connectivity index (χ2n) is 8.41. The molecule has 4 aromatic rings. The van der Waals surface area contributed by atoms with E-state index in [1.54, 1.807) is 18.5 Å². The number of nitrogen functional groups attached to an aromatic ring is 1. The standard InChI is InChI=1S/C29H29N5/c1-20(23-9-3-2-4-10-23)34-18-22-8-5-7-21(15-22)16-28(31)29(32)26-17-24(12-13-27(26)30)25-11-6-14-33-19-25/h2-15,17,19-20,31-32,34H,16,18,30H2,1H3. The van der Waals surface area contributed by atoms with Gasteiger partial charge in [0.05, 0.1) is 11.4 Å². The maximum absolute atomic E-state index is 8.64. The molecule has 0 radical (unpaired) electrons. The van der Waals surface area contributed by atoms with Gasteiger partial charge in [0.1, 0.15) is 0 Å². The Kier molecular flexibility index (Phi) is 7.25. The largest absolute Gasteiger partial charge is 0.398 e. The van der Waals surface area contributed by atoms with Crippen LogP contribution in [-0.2, 0) is 13.0 Å². The number of nitrogens with two attached hydrogens (primary N) is 1. The van der Waals surface area contributed by atoms with Crippen LogP contribution in [-0.4, -0.2) is 16.4 Å². The maximum Gasteiger partial charge on any atom is 0.0844 e.